The second-order valence-electron chi connectivity index (χ2n) is 17.6. The smallest absolute Gasteiger partial charge is 0.329 e. The Bertz CT molecular complexity index is 2500. The molecule has 14 nitrogen and oxygen atoms in total. The number of anilines is 1. The first-order valence-corrected chi connectivity index (χ1v) is 22.2. The second kappa shape index (κ2) is 18.5. The van der Waals surface area contributed by atoms with Crippen molar-refractivity contribution >= 4 is 35.5 Å². The highest BCUT2D eigenvalue weighted by atomic mass is 16.6. The first-order chi connectivity index (χ1) is 31.3. The Kier molecular flexibility index (Phi) is 12.8. The normalized spacial score (nSPS) is 25.1. The van der Waals surface area contributed by atoms with E-state index in [1.54, 1.807) is 56.3 Å². The number of nitrogens with two attached hydrogens (primary N) is 1. The molecule has 3 heterocycles. The number of imide groups is 1. The van der Waals surface area contributed by atoms with Gasteiger partial charge in [-0.05, 0) is 84.2 Å². The molecule has 65 heavy (non-hydrogen) atoms. The highest BCUT2D eigenvalue weighted by Crippen LogP contribution is 2.65. The van der Waals surface area contributed by atoms with Gasteiger partial charge in [-0.15, -0.1) is 0 Å². The third-order valence-corrected chi connectivity index (χ3v) is 13.3. The van der Waals surface area contributed by atoms with E-state index in [0.29, 0.717) is 40.8 Å². The van der Waals surface area contributed by atoms with Crippen molar-refractivity contribution in [1.29, 1.82) is 0 Å². The van der Waals surface area contributed by atoms with E-state index < -0.39 is 82.9 Å². The lowest BCUT2D eigenvalue weighted by Crippen LogP contribution is -2.57. The van der Waals surface area contributed by atoms with Gasteiger partial charge in [-0.1, -0.05) is 111 Å². The van der Waals surface area contributed by atoms with Gasteiger partial charge in [0.1, 0.15) is 41.6 Å². The predicted molar refractivity (Wildman–Crippen MR) is 239 cm³/mol. The van der Waals surface area contributed by atoms with E-state index in [1.165, 1.54) is 7.11 Å². The SMILES string of the molecule is COC(=O)[C@@H](NC(=O)N1C(=O)[C@@]2(c3cc(C#CC4(O)CCCCCC4)ccc31)[C@H](c1ccc(OCCO)cc1)N1[C@H](c3ccccc3)[C@H](c3ccccc3)OC(=O)[C@H]1[C@@H]2C(N)=O)C(C)C. The van der Waals surface area contributed by atoms with E-state index in [4.69, 9.17) is 19.9 Å². The van der Waals surface area contributed by atoms with E-state index >= 15 is 4.79 Å². The topological polar surface area (TPSA) is 198 Å². The third-order valence-electron chi connectivity index (χ3n) is 13.3. The summed E-state index contributed by atoms with van der Waals surface area (Å²) in [6.45, 7) is 3.22. The molecule has 338 valence electrons. The molecule has 1 spiro atoms. The number of primary amides is 1. The lowest BCUT2D eigenvalue weighted by Gasteiger charge is -2.46. The summed E-state index contributed by atoms with van der Waals surface area (Å²) in [7, 11) is 1.20. The third kappa shape index (κ3) is 8.13. The molecular weight excluding hydrogens is 829 g/mol. The molecule has 0 unspecified atom stereocenters. The standard InChI is InChI=1S/C51H54N4O10/c1-31(2)40(46(58)63-3)53-49(61)54-38-23-18-32(24-27-50(62)25-12-4-5-13-26-50)30-37(38)51(48(54)60)39(45(52)57)42-47(59)65-43(34-16-10-7-11-17-34)41(33-14-8-6-9-15-33)55(42)44(51)35-19-21-36(22-20-35)64-29-28-56/h6-11,14-23,30-31,39-44,56,62H,4-5,12-13,25-26,28-29H2,1-3H3,(H2,52,57)(H,53,61)/t39-,40+,41-,42-,43+,44+,51-/m1/s1. The lowest BCUT2D eigenvalue weighted by atomic mass is 9.65. The van der Waals surface area contributed by atoms with Gasteiger partial charge in [0.15, 0.2) is 0 Å². The molecule has 8 rings (SSSR count). The fraction of sp³-hybridized carbons (Fsp3) is 0.392. The number of nitrogens with zero attached hydrogens (tertiary/aromatic N) is 2. The number of amides is 4. The number of urea groups is 1. The molecule has 3 aliphatic heterocycles. The minimum Gasteiger partial charge on any atom is -0.491 e. The molecule has 4 aromatic rings. The average Bonchev–Trinajstić information content (AvgIpc) is 3.65. The molecule has 3 fully saturated rings. The van der Waals surface area contributed by atoms with Crippen LogP contribution in [0.4, 0.5) is 10.5 Å². The van der Waals surface area contributed by atoms with Crippen molar-refractivity contribution in [3.63, 3.8) is 0 Å². The van der Waals surface area contributed by atoms with Gasteiger partial charge in [-0.3, -0.25) is 19.3 Å². The van der Waals surface area contributed by atoms with E-state index in [-0.39, 0.29) is 24.5 Å². The van der Waals surface area contributed by atoms with Crippen LogP contribution in [-0.2, 0) is 34.1 Å². The molecule has 14 heteroatoms. The molecule has 0 aromatic heterocycles. The minimum absolute atomic E-state index is 0.0170. The van der Waals surface area contributed by atoms with Crippen LogP contribution in [0.15, 0.2) is 103 Å². The largest absolute Gasteiger partial charge is 0.491 e. The van der Waals surface area contributed by atoms with Crippen molar-refractivity contribution in [2.75, 3.05) is 25.2 Å². The molecular formula is C51H54N4O10. The maximum atomic E-state index is 16.2. The molecule has 4 aliphatic rings. The summed E-state index contributed by atoms with van der Waals surface area (Å²) < 4.78 is 17.2. The van der Waals surface area contributed by atoms with E-state index in [2.05, 4.69) is 17.2 Å². The van der Waals surface area contributed by atoms with Crippen LogP contribution in [0.3, 0.4) is 0 Å². The Morgan fingerprint density at radius 3 is 2.12 bits per heavy atom. The Morgan fingerprint density at radius 1 is 0.877 bits per heavy atom. The van der Waals surface area contributed by atoms with Crippen molar-refractivity contribution < 1.29 is 48.4 Å². The van der Waals surface area contributed by atoms with Crippen LogP contribution < -0.4 is 20.7 Å². The zero-order valence-corrected chi connectivity index (χ0v) is 36.6. The fourth-order valence-electron chi connectivity index (χ4n) is 10.4. The summed E-state index contributed by atoms with van der Waals surface area (Å²) in [6.07, 6.45) is 3.63. The Balaban J connectivity index is 1.42. The highest BCUT2D eigenvalue weighted by Gasteiger charge is 2.75. The summed E-state index contributed by atoms with van der Waals surface area (Å²) in [5.74, 6) is 1.18. The lowest BCUT2D eigenvalue weighted by molar-refractivity contribution is -0.178. The quantitative estimate of drug-likeness (QED) is 0.0885. The molecule has 1 aliphatic carbocycles. The van der Waals surface area contributed by atoms with Crippen molar-refractivity contribution in [2.24, 2.45) is 17.6 Å². The number of morpholine rings is 1. The number of fused-ring (bicyclic) bond motifs is 3. The van der Waals surface area contributed by atoms with Crippen LogP contribution in [0, 0.1) is 23.7 Å². The number of benzene rings is 4. The van der Waals surface area contributed by atoms with E-state index in [9.17, 15) is 29.4 Å². The maximum Gasteiger partial charge on any atom is 0.329 e. The molecule has 2 saturated heterocycles. The molecule has 5 N–H and O–H groups in total. The average molecular weight is 883 g/mol. The summed E-state index contributed by atoms with van der Waals surface area (Å²) in [6, 6.07) is 24.5. The molecule has 4 amide bonds. The summed E-state index contributed by atoms with van der Waals surface area (Å²) >= 11 is 0. The number of hydrogen-bond acceptors (Lipinski definition) is 11. The van der Waals surface area contributed by atoms with Gasteiger partial charge in [0, 0.05) is 5.56 Å². The molecule has 4 aromatic carbocycles. The van der Waals surface area contributed by atoms with Crippen LogP contribution in [0.5, 0.6) is 5.75 Å². The van der Waals surface area contributed by atoms with Crippen molar-refractivity contribution in [2.45, 2.75) is 93.7 Å². The number of methoxy groups -OCH3 is 1. The highest BCUT2D eigenvalue weighted by molar-refractivity contribution is 6.25. The van der Waals surface area contributed by atoms with Gasteiger partial charge in [0.25, 0.3) is 0 Å². The maximum absolute atomic E-state index is 16.2. The van der Waals surface area contributed by atoms with E-state index in [1.807, 2.05) is 65.6 Å². The van der Waals surface area contributed by atoms with Gasteiger partial charge in [0.05, 0.1) is 37.4 Å². The number of nitrogens with one attached hydrogen (secondary N) is 1. The van der Waals surface area contributed by atoms with Gasteiger partial charge >= 0.3 is 18.0 Å². The number of aliphatic hydroxyl groups is 2. The Morgan fingerprint density at radius 2 is 1.52 bits per heavy atom. The van der Waals surface area contributed by atoms with Crippen LogP contribution in [0.2, 0.25) is 0 Å². The number of carbonyl (C=O) groups is 5. The summed E-state index contributed by atoms with van der Waals surface area (Å²) in [5, 5.41) is 23.8. The van der Waals surface area contributed by atoms with E-state index in [0.717, 1.165) is 30.6 Å². The fourth-order valence-corrected chi connectivity index (χ4v) is 10.4. The molecule has 7 atom stereocenters. The Labute approximate surface area is 378 Å². The summed E-state index contributed by atoms with van der Waals surface area (Å²) in [5.41, 5.74) is 5.63. The predicted octanol–water partition coefficient (Wildman–Crippen LogP) is 5.55. The monoisotopic (exact) mass is 882 g/mol. The minimum atomic E-state index is -2.12. The van der Waals surface area contributed by atoms with Gasteiger partial charge in [0.2, 0.25) is 11.8 Å². The van der Waals surface area contributed by atoms with Crippen LogP contribution in [0.1, 0.15) is 98.4 Å². The first-order valence-electron chi connectivity index (χ1n) is 22.2. The summed E-state index contributed by atoms with van der Waals surface area (Å²) in [4.78, 5) is 76.4. The Hall–Kier alpha value is -6.53. The number of aliphatic hydroxyl groups excluding tert-OH is 1. The van der Waals surface area contributed by atoms with Crippen molar-refractivity contribution in [1.82, 2.24) is 10.2 Å². The first kappa shape index (κ1) is 45.1. The second-order valence-corrected chi connectivity index (χ2v) is 17.6. The zero-order valence-electron chi connectivity index (χ0n) is 36.6. The van der Waals surface area contributed by atoms with Crippen LogP contribution >= 0.6 is 0 Å². The van der Waals surface area contributed by atoms with Gasteiger partial charge < -0.3 is 35.5 Å². The number of carbonyl (C=O) groups excluding carboxylic acids is 5. The number of ether oxygens (including phenoxy) is 3. The van der Waals surface area contributed by atoms with Crippen molar-refractivity contribution in [3.05, 3.63) is 131 Å². The number of esters is 2. The van der Waals surface area contributed by atoms with Crippen LogP contribution in [0.25, 0.3) is 0 Å². The molecule has 0 bridgehead atoms. The number of rotatable bonds is 10. The van der Waals surface area contributed by atoms with Crippen LogP contribution in [-0.4, -0.2) is 82.9 Å². The zero-order chi connectivity index (χ0) is 46.0. The molecule has 1 saturated carbocycles. The molecule has 0 radical (unpaired) electrons. The van der Waals surface area contributed by atoms with Gasteiger partial charge in [-0.2, -0.15) is 0 Å². The van der Waals surface area contributed by atoms with Gasteiger partial charge in [-0.25, -0.2) is 14.5 Å². The van der Waals surface area contributed by atoms with Crippen molar-refractivity contribution in [3.8, 4) is 17.6 Å². The number of hydrogen-bond donors (Lipinski definition) is 4. The number of cyclic esters (lactones) is 1.